The standard InChI is InChI=1S/C9H11ClO5S.Na/c1-14-4-5-15-8-3-2-7(10)6-9(8)16(11,12)13;/h2-3,6H,4-5H2,1H3,(H,11,12,13);/q;+1/p-1. The molecule has 0 fully saturated rings. The van der Waals surface area contributed by atoms with Crippen molar-refractivity contribution in [2.45, 2.75) is 4.90 Å². The van der Waals surface area contributed by atoms with Crippen LogP contribution in [0.25, 0.3) is 0 Å². The quantitative estimate of drug-likeness (QED) is 0.366. The summed E-state index contributed by atoms with van der Waals surface area (Å²) in [4.78, 5) is -0.462. The molecule has 8 heteroatoms. The van der Waals surface area contributed by atoms with Gasteiger partial charge in [-0.05, 0) is 18.2 Å². The Hall–Kier alpha value is 0.180. The molecule has 0 unspecified atom stereocenters. The van der Waals surface area contributed by atoms with Crippen molar-refractivity contribution in [1.82, 2.24) is 0 Å². The van der Waals surface area contributed by atoms with Crippen LogP contribution in [0.2, 0.25) is 5.02 Å². The summed E-state index contributed by atoms with van der Waals surface area (Å²) in [5, 5.41) is 0.161. The predicted octanol–water partition coefficient (Wildman–Crippen LogP) is -1.73. The minimum Gasteiger partial charge on any atom is -0.744 e. The Labute approximate surface area is 127 Å². The summed E-state index contributed by atoms with van der Waals surface area (Å²) in [6.07, 6.45) is 0. The number of hydrogen-bond donors (Lipinski definition) is 0. The molecule has 0 aromatic heterocycles. The van der Waals surface area contributed by atoms with E-state index < -0.39 is 15.0 Å². The first kappa shape index (κ1) is 17.2. The van der Waals surface area contributed by atoms with E-state index in [0.717, 1.165) is 6.07 Å². The van der Waals surface area contributed by atoms with E-state index in [1.165, 1.54) is 19.2 Å². The van der Waals surface area contributed by atoms with Gasteiger partial charge in [0.25, 0.3) is 0 Å². The Morgan fingerprint density at radius 3 is 2.53 bits per heavy atom. The molecule has 1 rings (SSSR count). The summed E-state index contributed by atoms with van der Waals surface area (Å²) < 4.78 is 42.6. The smallest absolute Gasteiger partial charge is 0.744 e. The van der Waals surface area contributed by atoms with E-state index in [9.17, 15) is 13.0 Å². The van der Waals surface area contributed by atoms with Crippen LogP contribution in [-0.2, 0) is 14.9 Å². The van der Waals surface area contributed by atoms with E-state index in [4.69, 9.17) is 21.1 Å². The van der Waals surface area contributed by atoms with Gasteiger partial charge in [0.2, 0.25) is 0 Å². The molecule has 0 aliphatic rings. The van der Waals surface area contributed by atoms with Gasteiger partial charge in [0.1, 0.15) is 22.5 Å². The van der Waals surface area contributed by atoms with Crippen LogP contribution in [0.3, 0.4) is 0 Å². The molecule has 17 heavy (non-hydrogen) atoms. The molecule has 1 aromatic carbocycles. The summed E-state index contributed by atoms with van der Waals surface area (Å²) in [7, 11) is -3.11. The van der Waals surface area contributed by atoms with Crippen molar-refractivity contribution in [2.75, 3.05) is 20.3 Å². The van der Waals surface area contributed by atoms with Crippen molar-refractivity contribution in [3.63, 3.8) is 0 Å². The Kier molecular flexibility index (Phi) is 7.66. The minimum atomic E-state index is -4.59. The summed E-state index contributed by atoms with van der Waals surface area (Å²) >= 11 is 5.60. The van der Waals surface area contributed by atoms with Crippen LogP contribution < -0.4 is 34.3 Å². The molecule has 0 spiro atoms. The van der Waals surface area contributed by atoms with Gasteiger partial charge in [0.15, 0.2) is 0 Å². The molecule has 0 saturated heterocycles. The molecule has 0 radical (unpaired) electrons. The van der Waals surface area contributed by atoms with Gasteiger partial charge >= 0.3 is 29.6 Å². The molecule has 0 bridgehead atoms. The first-order valence-electron chi connectivity index (χ1n) is 4.32. The molecule has 0 N–H and O–H groups in total. The zero-order chi connectivity index (χ0) is 12.2. The number of hydrogen-bond acceptors (Lipinski definition) is 5. The maximum absolute atomic E-state index is 10.9. The predicted molar refractivity (Wildman–Crippen MR) is 56.8 cm³/mol. The Balaban J connectivity index is 0.00000256. The molecule has 0 aliphatic heterocycles. The topological polar surface area (TPSA) is 75.7 Å². The van der Waals surface area contributed by atoms with Gasteiger partial charge in [-0.25, -0.2) is 8.42 Å². The third-order valence-electron chi connectivity index (χ3n) is 1.72. The minimum absolute atomic E-state index is 0. The van der Waals surface area contributed by atoms with Crippen LogP contribution in [0, 0.1) is 0 Å². The van der Waals surface area contributed by atoms with Crippen LogP contribution in [0.15, 0.2) is 23.1 Å². The summed E-state index contributed by atoms with van der Waals surface area (Å²) in [6.45, 7) is 0.446. The number of methoxy groups -OCH3 is 1. The fraction of sp³-hybridized carbons (Fsp3) is 0.333. The number of halogens is 1. The van der Waals surface area contributed by atoms with E-state index in [0.29, 0.717) is 6.61 Å². The number of benzene rings is 1. The van der Waals surface area contributed by atoms with E-state index in [1.54, 1.807) is 0 Å². The van der Waals surface area contributed by atoms with E-state index in [1.807, 2.05) is 0 Å². The van der Waals surface area contributed by atoms with E-state index in [-0.39, 0.29) is 46.9 Å². The third kappa shape index (κ3) is 5.56. The maximum atomic E-state index is 10.9. The molecule has 0 saturated carbocycles. The molecule has 0 amide bonds. The van der Waals surface area contributed by atoms with E-state index in [2.05, 4.69) is 0 Å². The number of ether oxygens (including phenoxy) is 2. The van der Waals surface area contributed by atoms with Gasteiger partial charge in [-0.3, -0.25) is 0 Å². The van der Waals surface area contributed by atoms with Crippen LogP contribution in [-0.4, -0.2) is 33.3 Å². The molecule has 1 aromatic rings. The fourth-order valence-corrected chi connectivity index (χ4v) is 1.91. The van der Waals surface area contributed by atoms with Gasteiger partial charge in [-0.15, -0.1) is 0 Å². The molecule has 90 valence electrons. The van der Waals surface area contributed by atoms with Crippen molar-refractivity contribution in [3.8, 4) is 5.75 Å². The van der Waals surface area contributed by atoms with Crippen molar-refractivity contribution in [1.29, 1.82) is 0 Å². The fourth-order valence-electron chi connectivity index (χ4n) is 1.03. The van der Waals surface area contributed by atoms with Crippen LogP contribution in [0.4, 0.5) is 0 Å². The number of rotatable bonds is 5. The van der Waals surface area contributed by atoms with Gasteiger partial charge in [-0.2, -0.15) is 0 Å². The SMILES string of the molecule is COCCOc1ccc(Cl)cc1S(=O)(=O)[O-].[Na+]. The largest absolute Gasteiger partial charge is 1.00 e. The molecule has 0 aliphatic carbocycles. The summed E-state index contributed by atoms with van der Waals surface area (Å²) in [6, 6.07) is 3.84. The molecule has 5 nitrogen and oxygen atoms in total. The molecular weight excluding hydrogens is 279 g/mol. The van der Waals surface area contributed by atoms with Crippen LogP contribution in [0.5, 0.6) is 5.75 Å². The first-order chi connectivity index (χ1) is 7.45. The second-order valence-corrected chi connectivity index (χ2v) is 4.67. The van der Waals surface area contributed by atoms with Crippen molar-refractivity contribution >= 4 is 21.7 Å². The van der Waals surface area contributed by atoms with Gasteiger partial charge in [0, 0.05) is 12.1 Å². The second kappa shape index (κ2) is 7.58. The zero-order valence-electron chi connectivity index (χ0n) is 9.47. The Bertz CT molecular complexity index is 462. The molecule has 0 atom stereocenters. The van der Waals surface area contributed by atoms with Gasteiger partial charge in [-0.1, -0.05) is 11.6 Å². The Morgan fingerprint density at radius 2 is 2.00 bits per heavy atom. The molecule has 0 heterocycles. The van der Waals surface area contributed by atoms with E-state index >= 15 is 0 Å². The maximum Gasteiger partial charge on any atom is 1.00 e. The van der Waals surface area contributed by atoms with Gasteiger partial charge < -0.3 is 14.0 Å². The first-order valence-corrected chi connectivity index (χ1v) is 6.11. The average molecular weight is 289 g/mol. The third-order valence-corrected chi connectivity index (χ3v) is 2.81. The van der Waals surface area contributed by atoms with Crippen LogP contribution >= 0.6 is 11.6 Å². The Morgan fingerprint density at radius 1 is 1.35 bits per heavy atom. The molecular formula is C9H10ClNaO5S. The summed E-state index contributed by atoms with van der Waals surface area (Å²) in [5.41, 5.74) is 0. The van der Waals surface area contributed by atoms with Crippen molar-refractivity contribution in [2.24, 2.45) is 0 Å². The zero-order valence-corrected chi connectivity index (χ0v) is 13.0. The van der Waals surface area contributed by atoms with Gasteiger partial charge in [0.05, 0.1) is 11.5 Å². The van der Waals surface area contributed by atoms with Crippen molar-refractivity contribution in [3.05, 3.63) is 23.2 Å². The summed E-state index contributed by atoms with van der Waals surface area (Å²) in [5.74, 6) is -0.0172. The normalized spacial score (nSPS) is 10.8. The average Bonchev–Trinajstić information content (AvgIpc) is 2.19. The van der Waals surface area contributed by atoms with Crippen LogP contribution in [0.1, 0.15) is 0 Å². The monoisotopic (exact) mass is 288 g/mol. The van der Waals surface area contributed by atoms with Crippen molar-refractivity contribution < 1.29 is 52.0 Å². The second-order valence-electron chi connectivity index (χ2n) is 2.89.